The number of sulfonamides is 1. The smallest absolute Gasteiger partial charge is 0.242 e. The van der Waals surface area contributed by atoms with Crippen LogP contribution in [0, 0.1) is 0 Å². The maximum atomic E-state index is 12.5. The molecule has 0 saturated carbocycles. The molecule has 1 aromatic rings. The van der Waals surface area contributed by atoms with Gasteiger partial charge in [0.05, 0.1) is 4.90 Å². The molecule has 0 aromatic heterocycles. The van der Waals surface area contributed by atoms with Gasteiger partial charge in [0.2, 0.25) is 15.9 Å². The van der Waals surface area contributed by atoms with Crippen molar-refractivity contribution in [3.05, 3.63) is 22.2 Å². The van der Waals surface area contributed by atoms with Crippen molar-refractivity contribution in [3.63, 3.8) is 0 Å². The van der Waals surface area contributed by atoms with Crippen molar-refractivity contribution < 1.29 is 13.2 Å². The number of rotatable bonds is 4. The number of anilines is 1. The van der Waals surface area contributed by atoms with Crippen molar-refractivity contribution in [1.29, 1.82) is 0 Å². The van der Waals surface area contributed by atoms with E-state index in [0.29, 0.717) is 23.0 Å². The molecule has 1 heterocycles. The van der Waals surface area contributed by atoms with Crippen LogP contribution >= 0.6 is 28.3 Å². The van der Waals surface area contributed by atoms with Crippen LogP contribution in [0.4, 0.5) is 5.69 Å². The van der Waals surface area contributed by atoms with Gasteiger partial charge in [-0.2, -0.15) is 0 Å². The van der Waals surface area contributed by atoms with E-state index >= 15 is 0 Å². The van der Waals surface area contributed by atoms with Gasteiger partial charge >= 0.3 is 0 Å². The van der Waals surface area contributed by atoms with Crippen molar-refractivity contribution in [2.75, 3.05) is 11.9 Å². The molecular formula is C13H19BrClN3O3S. The number of carbonyl (C=O) groups is 1. The number of aryl methyl sites for hydroxylation is 1. The SMILES string of the molecule is CC(C)(CN)NS(=O)(=O)c1cc2c(cc1Br)CCC(=O)N2.Cl. The van der Waals surface area contributed by atoms with E-state index in [9.17, 15) is 13.2 Å². The Labute approximate surface area is 144 Å². The number of nitrogens with one attached hydrogen (secondary N) is 2. The summed E-state index contributed by atoms with van der Waals surface area (Å²) in [6.07, 6.45) is 1.01. The summed E-state index contributed by atoms with van der Waals surface area (Å²) in [6.45, 7) is 3.59. The molecule has 1 aliphatic rings. The molecule has 22 heavy (non-hydrogen) atoms. The molecule has 0 radical (unpaired) electrons. The molecule has 9 heteroatoms. The third-order valence-corrected chi connectivity index (χ3v) is 5.92. The molecule has 1 aliphatic heterocycles. The molecule has 6 nitrogen and oxygen atoms in total. The quantitative estimate of drug-likeness (QED) is 0.701. The first-order chi connectivity index (χ1) is 9.64. The van der Waals surface area contributed by atoms with E-state index in [-0.39, 0.29) is 29.8 Å². The number of nitrogens with two attached hydrogens (primary N) is 1. The first-order valence-corrected chi connectivity index (χ1v) is 8.78. The average Bonchev–Trinajstić information content (AvgIpc) is 2.37. The lowest BCUT2D eigenvalue weighted by atomic mass is 10.0. The third kappa shape index (κ3) is 4.20. The van der Waals surface area contributed by atoms with E-state index in [0.717, 1.165) is 5.56 Å². The Hall–Kier alpha value is -0.670. The second-order valence-corrected chi connectivity index (χ2v) is 8.19. The molecule has 0 saturated heterocycles. The van der Waals surface area contributed by atoms with E-state index in [4.69, 9.17) is 5.73 Å². The van der Waals surface area contributed by atoms with Crippen LogP contribution in [-0.4, -0.2) is 26.4 Å². The van der Waals surface area contributed by atoms with Gasteiger partial charge in [0.15, 0.2) is 0 Å². The molecule has 0 unspecified atom stereocenters. The third-order valence-electron chi connectivity index (χ3n) is 3.26. The zero-order valence-corrected chi connectivity index (χ0v) is 15.5. The Balaban J connectivity index is 0.00000242. The van der Waals surface area contributed by atoms with Crippen LogP contribution in [0.15, 0.2) is 21.5 Å². The van der Waals surface area contributed by atoms with Crippen LogP contribution in [-0.2, 0) is 21.2 Å². The Morgan fingerprint density at radius 3 is 2.59 bits per heavy atom. The first kappa shape index (κ1) is 19.4. The van der Waals surface area contributed by atoms with Crippen molar-refractivity contribution in [2.24, 2.45) is 5.73 Å². The molecule has 1 amide bonds. The van der Waals surface area contributed by atoms with Crippen LogP contribution in [0.3, 0.4) is 0 Å². The van der Waals surface area contributed by atoms with Crippen LogP contribution < -0.4 is 15.8 Å². The topological polar surface area (TPSA) is 101 Å². The second kappa shape index (κ2) is 6.84. The summed E-state index contributed by atoms with van der Waals surface area (Å²) in [6, 6.07) is 3.21. The lowest BCUT2D eigenvalue weighted by Gasteiger charge is -2.25. The van der Waals surface area contributed by atoms with Gasteiger partial charge in [-0.05, 0) is 53.9 Å². The predicted molar refractivity (Wildman–Crippen MR) is 91.8 cm³/mol. The van der Waals surface area contributed by atoms with Gasteiger partial charge in [0.1, 0.15) is 0 Å². The zero-order valence-electron chi connectivity index (χ0n) is 12.3. The summed E-state index contributed by atoms with van der Waals surface area (Å²) in [4.78, 5) is 11.5. The van der Waals surface area contributed by atoms with Crippen LogP contribution in [0.2, 0.25) is 0 Å². The highest BCUT2D eigenvalue weighted by Gasteiger charge is 2.28. The predicted octanol–water partition coefficient (Wildman–Crippen LogP) is 1.77. The van der Waals surface area contributed by atoms with Gasteiger partial charge < -0.3 is 11.1 Å². The standard InChI is InChI=1S/C13H18BrN3O3S.ClH/c1-13(2,7-15)17-21(19,20)11-6-10-8(5-9(11)14)3-4-12(18)16-10;/h5-6,17H,3-4,7,15H2,1-2H3,(H,16,18);1H. The van der Waals surface area contributed by atoms with E-state index in [2.05, 4.69) is 26.0 Å². The number of halogens is 2. The Morgan fingerprint density at radius 1 is 1.36 bits per heavy atom. The number of hydrogen-bond donors (Lipinski definition) is 3. The minimum Gasteiger partial charge on any atom is -0.329 e. The van der Waals surface area contributed by atoms with Crippen molar-refractivity contribution >= 4 is 50.0 Å². The maximum absolute atomic E-state index is 12.5. The molecule has 124 valence electrons. The fourth-order valence-electron chi connectivity index (χ4n) is 2.05. The number of fused-ring (bicyclic) bond motifs is 1. The maximum Gasteiger partial charge on any atom is 0.242 e. The lowest BCUT2D eigenvalue weighted by Crippen LogP contribution is -2.48. The summed E-state index contributed by atoms with van der Waals surface area (Å²) < 4.78 is 28.0. The van der Waals surface area contributed by atoms with Gasteiger partial charge in [0, 0.05) is 28.7 Å². The minimum absolute atomic E-state index is 0. The summed E-state index contributed by atoms with van der Waals surface area (Å²) >= 11 is 3.29. The molecular weight excluding hydrogens is 394 g/mol. The molecule has 2 rings (SSSR count). The van der Waals surface area contributed by atoms with Crippen LogP contribution in [0.25, 0.3) is 0 Å². The Bertz CT molecular complexity index is 692. The molecule has 0 bridgehead atoms. The summed E-state index contributed by atoms with van der Waals surface area (Å²) in [5, 5.41) is 2.70. The highest BCUT2D eigenvalue weighted by atomic mass is 79.9. The molecule has 0 atom stereocenters. The summed E-state index contributed by atoms with van der Waals surface area (Å²) in [5.41, 5.74) is 6.27. The Morgan fingerprint density at radius 2 is 2.00 bits per heavy atom. The number of carbonyl (C=O) groups excluding carboxylic acids is 1. The molecule has 4 N–H and O–H groups in total. The lowest BCUT2D eigenvalue weighted by molar-refractivity contribution is -0.116. The summed E-state index contributed by atoms with van der Waals surface area (Å²) in [7, 11) is -3.74. The monoisotopic (exact) mass is 411 g/mol. The van der Waals surface area contributed by atoms with Crippen molar-refractivity contribution in [1.82, 2.24) is 4.72 Å². The normalized spacial score (nSPS) is 14.8. The minimum atomic E-state index is -3.74. The van der Waals surface area contributed by atoms with E-state index in [1.165, 1.54) is 6.07 Å². The number of benzene rings is 1. The molecule has 0 aliphatic carbocycles. The fraction of sp³-hybridized carbons (Fsp3) is 0.462. The van der Waals surface area contributed by atoms with E-state index in [1.807, 2.05) is 0 Å². The highest BCUT2D eigenvalue weighted by molar-refractivity contribution is 9.10. The second-order valence-electron chi connectivity index (χ2n) is 5.68. The fourth-order valence-corrected chi connectivity index (χ4v) is 4.58. The van der Waals surface area contributed by atoms with Crippen LogP contribution in [0.1, 0.15) is 25.8 Å². The first-order valence-electron chi connectivity index (χ1n) is 6.51. The zero-order chi connectivity index (χ0) is 15.8. The van der Waals surface area contributed by atoms with Crippen LogP contribution in [0.5, 0.6) is 0 Å². The van der Waals surface area contributed by atoms with E-state index in [1.54, 1.807) is 19.9 Å². The molecule has 1 aromatic carbocycles. The molecule has 0 spiro atoms. The van der Waals surface area contributed by atoms with E-state index < -0.39 is 15.6 Å². The number of amides is 1. The molecule has 0 fully saturated rings. The summed E-state index contributed by atoms with van der Waals surface area (Å²) in [5.74, 6) is -0.108. The van der Waals surface area contributed by atoms with Crippen molar-refractivity contribution in [3.8, 4) is 0 Å². The van der Waals surface area contributed by atoms with Gasteiger partial charge in [-0.1, -0.05) is 0 Å². The van der Waals surface area contributed by atoms with Gasteiger partial charge in [0.25, 0.3) is 0 Å². The Kier molecular flexibility index (Phi) is 6.02. The van der Waals surface area contributed by atoms with Gasteiger partial charge in [-0.15, -0.1) is 12.4 Å². The van der Waals surface area contributed by atoms with Gasteiger partial charge in [-0.25, -0.2) is 13.1 Å². The number of hydrogen-bond acceptors (Lipinski definition) is 4. The van der Waals surface area contributed by atoms with Gasteiger partial charge in [-0.3, -0.25) is 4.79 Å². The van der Waals surface area contributed by atoms with Crippen molar-refractivity contribution in [2.45, 2.75) is 37.1 Å². The highest BCUT2D eigenvalue weighted by Crippen LogP contribution is 2.32. The average molecular weight is 413 g/mol. The largest absolute Gasteiger partial charge is 0.329 e.